The van der Waals surface area contributed by atoms with Crippen LogP contribution in [0.4, 0.5) is 11.6 Å². The Kier molecular flexibility index (Phi) is 4.70. The van der Waals surface area contributed by atoms with E-state index >= 15 is 0 Å². The van der Waals surface area contributed by atoms with Crippen LogP contribution in [0.15, 0.2) is 64.3 Å². The molecule has 0 saturated carbocycles. The van der Waals surface area contributed by atoms with Crippen molar-refractivity contribution in [2.24, 2.45) is 0 Å². The average molecular weight is 477 g/mol. The Hall–Kier alpha value is -3.66. The van der Waals surface area contributed by atoms with Gasteiger partial charge in [-0.05, 0) is 54.0 Å². The molecule has 1 aromatic carbocycles. The van der Waals surface area contributed by atoms with Crippen molar-refractivity contribution < 1.29 is 0 Å². The molecule has 4 aromatic heterocycles. The number of aromatic nitrogens is 7. The highest BCUT2D eigenvalue weighted by atomic mass is 79.9. The number of nitrogens with one attached hydrogen (secondary N) is 1. The van der Waals surface area contributed by atoms with Gasteiger partial charge in [0.15, 0.2) is 11.5 Å². The predicted octanol–water partition coefficient (Wildman–Crippen LogP) is 3.98. The van der Waals surface area contributed by atoms with Crippen LogP contribution in [0.5, 0.6) is 0 Å². The molecule has 0 atom stereocenters. The maximum Gasteiger partial charge on any atom is 0.293 e. The van der Waals surface area contributed by atoms with Gasteiger partial charge in [0.25, 0.3) is 5.56 Å². The number of halogens is 1. The summed E-state index contributed by atoms with van der Waals surface area (Å²) in [4.78, 5) is 25.7. The third-order valence-corrected chi connectivity index (χ3v) is 5.41. The minimum Gasteiger partial charge on any atom is -0.319 e. The Balaban J connectivity index is 1.75. The van der Waals surface area contributed by atoms with E-state index in [9.17, 15) is 4.79 Å². The Morgan fingerprint density at radius 3 is 2.77 bits per heavy atom. The second kappa shape index (κ2) is 7.55. The lowest BCUT2D eigenvalue weighted by Crippen LogP contribution is -2.11. The molecule has 154 valence electrons. The molecule has 0 bridgehead atoms. The predicted molar refractivity (Wildman–Crippen MR) is 121 cm³/mol. The van der Waals surface area contributed by atoms with Crippen LogP contribution < -0.4 is 10.9 Å². The summed E-state index contributed by atoms with van der Waals surface area (Å²) in [5, 5.41) is 13.0. The lowest BCUT2D eigenvalue weighted by atomic mass is 10.2. The zero-order chi connectivity index (χ0) is 21.5. The molecule has 1 N–H and O–H groups in total. The molecule has 0 fully saturated rings. The van der Waals surface area contributed by atoms with Gasteiger partial charge in [-0.3, -0.25) is 9.48 Å². The summed E-state index contributed by atoms with van der Waals surface area (Å²) >= 11 is 3.56. The van der Waals surface area contributed by atoms with Crippen LogP contribution in [-0.4, -0.2) is 34.3 Å². The quantitative estimate of drug-likeness (QED) is 0.418. The molecule has 10 heteroatoms. The van der Waals surface area contributed by atoms with Gasteiger partial charge in [0.05, 0.1) is 17.3 Å². The molecular formula is C21H17BrN8O. The molecule has 5 rings (SSSR count). The van der Waals surface area contributed by atoms with Gasteiger partial charge in [-0.1, -0.05) is 12.1 Å². The van der Waals surface area contributed by atoms with Gasteiger partial charge in [0.2, 0.25) is 5.95 Å². The van der Waals surface area contributed by atoms with E-state index in [1.807, 2.05) is 29.1 Å². The van der Waals surface area contributed by atoms with E-state index in [2.05, 4.69) is 50.3 Å². The number of rotatable bonds is 4. The fourth-order valence-electron chi connectivity index (χ4n) is 3.20. The molecule has 0 radical (unpaired) electrons. The van der Waals surface area contributed by atoms with Gasteiger partial charge in [0.1, 0.15) is 5.69 Å². The van der Waals surface area contributed by atoms with Crippen LogP contribution in [0, 0.1) is 0 Å². The van der Waals surface area contributed by atoms with Crippen LogP contribution in [-0.2, 0) is 0 Å². The van der Waals surface area contributed by atoms with Crippen molar-refractivity contribution in [2.45, 2.75) is 19.9 Å². The third kappa shape index (κ3) is 3.44. The van der Waals surface area contributed by atoms with E-state index in [-0.39, 0.29) is 11.7 Å². The lowest BCUT2D eigenvalue weighted by molar-refractivity contribution is 0.532. The van der Waals surface area contributed by atoms with E-state index in [1.54, 1.807) is 28.9 Å². The smallest absolute Gasteiger partial charge is 0.293 e. The summed E-state index contributed by atoms with van der Waals surface area (Å²) in [5.74, 6) is 0.873. The molecule has 31 heavy (non-hydrogen) atoms. The van der Waals surface area contributed by atoms with E-state index in [1.165, 1.54) is 6.20 Å². The molecule has 0 saturated heterocycles. The van der Waals surface area contributed by atoms with Crippen LogP contribution in [0.25, 0.3) is 27.9 Å². The highest BCUT2D eigenvalue weighted by molar-refractivity contribution is 9.10. The Labute approximate surface area is 184 Å². The van der Waals surface area contributed by atoms with E-state index in [4.69, 9.17) is 9.97 Å². The maximum absolute atomic E-state index is 12.3. The number of fused-ring (bicyclic) bond motifs is 3. The van der Waals surface area contributed by atoms with Crippen molar-refractivity contribution in [1.29, 1.82) is 0 Å². The summed E-state index contributed by atoms with van der Waals surface area (Å²) in [6.07, 6.45) is 5.10. The van der Waals surface area contributed by atoms with Crippen molar-refractivity contribution >= 4 is 44.1 Å². The maximum atomic E-state index is 12.3. The average Bonchev–Trinajstić information content (AvgIpc) is 3.36. The highest BCUT2D eigenvalue weighted by Crippen LogP contribution is 2.29. The summed E-state index contributed by atoms with van der Waals surface area (Å²) in [5.41, 5.74) is 2.00. The summed E-state index contributed by atoms with van der Waals surface area (Å²) in [6.45, 7) is 4.11. The van der Waals surface area contributed by atoms with Crippen molar-refractivity contribution in [3.63, 3.8) is 0 Å². The fourth-order valence-corrected chi connectivity index (χ4v) is 3.66. The number of hydrogen-bond donors (Lipinski definition) is 1. The first-order chi connectivity index (χ1) is 15.0. The van der Waals surface area contributed by atoms with Crippen LogP contribution >= 0.6 is 15.9 Å². The first-order valence-electron chi connectivity index (χ1n) is 9.63. The number of anilines is 2. The van der Waals surface area contributed by atoms with Crippen molar-refractivity contribution in [2.75, 3.05) is 5.32 Å². The molecule has 9 nitrogen and oxygen atoms in total. The van der Waals surface area contributed by atoms with Gasteiger partial charge < -0.3 is 5.32 Å². The summed E-state index contributed by atoms with van der Waals surface area (Å²) < 4.78 is 4.27. The second-order valence-electron chi connectivity index (χ2n) is 7.22. The van der Waals surface area contributed by atoms with E-state index < -0.39 is 5.56 Å². The number of hydrogen-bond acceptors (Lipinski definition) is 7. The first kappa shape index (κ1) is 19.3. The molecule has 4 heterocycles. The van der Waals surface area contributed by atoms with Gasteiger partial charge in [-0.15, -0.1) is 5.10 Å². The molecule has 0 amide bonds. The number of nitrogens with zero attached hydrogens (tertiary/aromatic N) is 7. The van der Waals surface area contributed by atoms with E-state index in [0.29, 0.717) is 22.9 Å². The largest absolute Gasteiger partial charge is 0.319 e. The van der Waals surface area contributed by atoms with Gasteiger partial charge in [-0.2, -0.15) is 9.61 Å². The van der Waals surface area contributed by atoms with Crippen molar-refractivity contribution in [3.05, 3.63) is 69.8 Å². The van der Waals surface area contributed by atoms with Gasteiger partial charge in [-0.25, -0.2) is 15.0 Å². The van der Waals surface area contributed by atoms with Crippen LogP contribution in [0.2, 0.25) is 0 Å². The standard InChI is InChI=1S/C21H17BrN8O/c1-12(2)29-11-13(10-24-29)18-27-19-14-6-5-7-15(22)17(14)26-21(30(19)28-18)25-16-8-3-4-9-23-20(16)31/h3-12H,1-2H3,(H,23,25,26,31). The molecule has 0 aliphatic carbocycles. The topological polar surface area (TPSA) is 103 Å². The minimum absolute atomic E-state index is 0.225. The highest BCUT2D eigenvalue weighted by Gasteiger charge is 2.17. The van der Waals surface area contributed by atoms with Gasteiger partial charge >= 0.3 is 0 Å². The van der Waals surface area contributed by atoms with Gasteiger partial charge in [0, 0.05) is 28.3 Å². The number of para-hydroxylation sites is 1. The van der Waals surface area contributed by atoms with Crippen LogP contribution in [0.3, 0.4) is 0 Å². The lowest BCUT2D eigenvalue weighted by Gasteiger charge is -2.08. The Morgan fingerprint density at radius 1 is 1.10 bits per heavy atom. The Morgan fingerprint density at radius 2 is 1.97 bits per heavy atom. The molecule has 5 aromatic rings. The zero-order valence-electron chi connectivity index (χ0n) is 16.7. The summed E-state index contributed by atoms with van der Waals surface area (Å²) in [7, 11) is 0. The Bertz CT molecular complexity index is 1490. The SMILES string of the molecule is CC(C)n1cc(-c2nc3c4cccc(Br)c4nc(Nc4ccccnc4=O)n3n2)cn1. The first-order valence-corrected chi connectivity index (χ1v) is 10.4. The minimum atomic E-state index is -0.397. The number of benzene rings is 1. The zero-order valence-corrected chi connectivity index (χ0v) is 18.3. The van der Waals surface area contributed by atoms with Crippen LogP contribution in [0.1, 0.15) is 19.9 Å². The molecule has 0 spiro atoms. The summed E-state index contributed by atoms with van der Waals surface area (Å²) in [6, 6.07) is 11.1. The third-order valence-electron chi connectivity index (χ3n) is 4.77. The van der Waals surface area contributed by atoms with Crippen molar-refractivity contribution in [3.8, 4) is 11.4 Å². The van der Waals surface area contributed by atoms with E-state index in [0.717, 1.165) is 15.4 Å². The fraction of sp³-hybridized carbons (Fsp3) is 0.143. The second-order valence-corrected chi connectivity index (χ2v) is 8.07. The monoisotopic (exact) mass is 476 g/mol. The van der Waals surface area contributed by atoms with Crippen molar-refractivity contribution in [1.82, 2.24) is 34.3 Å². The molecular weight excluding hydrogens is 460 g/mol. The molecule has 0 unspecified atom stereocenters. The molecule has 0 aliphatic rings. The molecule has 0 aliphatic heterocycles. The normalized spacial score (nSPS) is 11.5.